The van der Waals surface area contributed by atoms with E-state index in [4.69, 9.17) is 24.7 Å². The summed E-state index contributed by atoms with van der Waals surface area (Å²) in [5, 5.41) is 21.1. The molecule has 0 radical (unpaired) electrons. The molecule has 1 aliphatic heterocycles. The SMILES string of the molecule is COc1ncc(-c2ccc3nccc(-c4ccc(COC(=O)OCCSSCC(NC(=O)COc5ccc6nccc(C(=O)NCC(=O)N7CC(F)(F)C[C@H]7C#N)c6c5)C(=O)NCCNC(=O)CCCc5ccc(C)cc5)nc4)c3c2)cc1N. The summed E-state index contributed by atoms with van der Waals surface area (Å²) in [6.07, 6.45) is 6.45. The molecule has 0 saturated carbocycles. The summed E-state index contributed by atoms with van der Waals surface area (Å²) in [5.74, 6) is -5.29. The molecule has 0 bridgehead atoms. The molecule has 0 spiro atoms. The molecule has 1 fully saturated rings. The number of likely N-dealkylation sites (tertiary alicyclic amines) is 1. The zero-order valence-electron chi connectivity index (χ0n) is 45.7. The lowest BCUT2D eigenvalue weighted by Crippen LogP contribution is -2.50. The van der Waals surface area contributed by atoms with Crippen molar-refractivity contribution < 1.29 is 56.5 Å². The maximum atomic E-state index is 14.0. The third-order valence-corrected chi connectivity index (χ3v) is 15.6. The number of carbonyl (C=O) groups excluding carboxylic acids is 6. The van der Waals surface area contributed by atoms with Crippen LogP contribution in [0.2, 0.25) is 0 Å². The Labute approximate surface area is 489 Å². The maximum Gasteiger partial charge on any atom is 0.508 e. The number of nitrogen functional groups attached to an aromatic ring is 1. The number of halogens is 2. The molecule has 84 heavy (non-hydrogen) atoms. The summed E-state index contributed by atoms with van der Waals surface area (Å²) in [4.78, 5) is 96.4. The highest BCUT2D eigenvalue weighted by Gasteiger charge is 2.47. The Balaban J connectivity index is 0.802. The number of fused-ring (bicyclic) bond motifs is 2. The van der Waals surface area contributed by atoms with Crippen LogP contribution < -0.4 is 36.5 Å². The Morgan fingerprint density at radius 3 is 2.33 bits per heavy atom. The quantitative estimate of drug-likeness (QED) is 0.0204. The van der Waals surface area contributed by atoms with Crippen molar-refractivity contribution >= 4 is 84.8 Å². The first-order valence-electron chi connectivity index (χ1n) is 26.5. The number of benzene rings is 3. The molecule has 1 saturated heterocycles. The Morgan fingerprint density at radius 1 is 0.821 bits per heavy atom. The summed E-state index contributed by atoms with van der Waals surface area (Å²) in [6, 6.07) is 26.5. The average Bonchev–Trinajstić information content (AvgIpc) is 4.00. The number of ether oxygens (including phenoxy) is 4. The molecule has 21 nitrogen and oxygen atoms in total. The zero-order valence-corrected chi connectivity index (χ0v) is 47.4. The van der Waals surface area contributed by atoms with Gasteiger partial charge in [-0.15, -0.1) is 0 Å². The number of hydrogen-bond acceptors (Lipinski definition) is 18. The lowest BCUT2D eigenvalue weighted by molar-refractivity contribution is -0.131. The van der Waals surface area contributed by atoms with Gasteiger partial charge in [0.2, 0.25) is 23.6 Å². The van der Waals surface area contributed by atoms with Crippen molar-refractivity contribution in [3.63, 3.8) is 0 Å². The third kappa shape index (κ3) is 17.0. The number of nitriles is 1. The van der Waals surface area contributed by atoms with Gasteiger partial charge >= 0.3 is 6.16 Å². The van der Waals surface area contributed by atoms with E-state index in [0.717, 1.165) is 55.6 Å². The van der Waals surface area contributed by atoms with Gasteiger partial charge in [-0.2, -0.15) is 5.26 Å². The molecule has 3 aromatic carbocycles. The fourth-order valence-electron chi connectivity index (χ4n) is 8.89. The van der Waals surface area contributed by atoms with Crippen LogP contribution in [-0.4, -0.2) is 137 Å². The molecule has 1 unspecified atom stereocenters. The number of carbonyl (C=O) groups is 6. The number of aromatic nitrogens is 4. The third-order valence-electron chi connectivity index (χ3n) is 13.2. The molecule has 0 aliphatic carbocycles. The number of pyridine rings is 4. The van der Waals surface area contributed by atoms with Crippen molar-refractivity contribution in [2.24, 2.45) is 0 Å². The minimum Gasteiger partial charge on any atom is -0.484 e. The molecular formula is C59H59F2N11O10S2. The van der Waals surface area contributed by atoms with E-state index in [1.165, 1.54) is 53.1 Å². The summed E-state index contributed by atoms with van der Waals surface area (Å²) < 4.78 is 49.5. The van der Waals surface area contributed by atoms with Crippen LogP contribution in [0.4, 0.5) is 19.3 Å². The highest BCUT2D eigenvalue weighted by molar-refractivity contribution is 8.76. The zero-order chi connectivity index (χ0) is 59.6. The molecule has 8 rings (SSSR count). The van der Waals surface area contributed by atoms with E-state index in [-0.39, 0.29) is 54.7 Å². The van der Waals surface area contributed by atoms with E-state index < -0.39 is 73.9 Å². The number of nitrogens with two attached hydrogens (primary N) is 1. The van der Waals surface area contributed by atoms with Crippen molar-refractivity contribution in [3.05, 3.63) is 138 Å². The number of alkyl halides is 2. The summed E-state index contributed by atoms with van der Waals surface area (Å²) in [5.41, 5.74) is 13.9. The predicted octanol–water partition coefficient (Wildman–Crippen LogP) is 7.15. The predicted molar refractivity (Wildman–Crippen MR) is 313 cm³/mol. The Hall–Kier alpha value is -9.15. The lowest BCUT2D eigenvalue weighted by Gasteiger charge is -2.19. The molecule has 2 atom stereocenters. The molecule has 7 aromatic rings. The number of amides is 5. The van der Waals surface area contributed by atoms with Gasteiger partial charge in [0, 0.05) is 84.1 Å². The van der Waals surface area contributed by atoms with Gasteiger partial charge in [-0.25, -0.2) is 18.6 Å². The topological polar surface area (TPSA) is 292 Å². The Bertz CT molecular complexity index is 3560. The number of aryl methyl sites for hydroxylation is 2. The molecule has 25 heteroatoms. The van der Waals surface area contributed by atoms with E-state index in [9.17, 15) is 42.8 Å². The number of nitrogens with zero attached hydrogens (tertiary/aromatic N) is 6. The monoisotopic (exact) mass is 1180 g/mol. The van der Waals surface area contributed by atoms with Crippen molar-refractivity contribution in [3.8, 4) is 40.0 Å². The highest BCUT2D eigenvalue weighted by Crippen LogP contribution is 2.34. The van der Waals surface area contributed by atoms with Crippen LogP contribution in [-0.2, 0) is 41.7 Å². The van der Waals surface area contributed by atoms with Gasteiger partial charge in [-0.1, -0.05) is 63.5 Å². The summed E-state index contributed by atoms with van der Waals surface area (Å²) in [7, 11) is 4.03. The molecule has 6 N–H and O–H groups in total. The largest absolute Gasteiger partial charge is 0.508 e. The molecule has 1 aliphatic rings. The normalized spacial score (nSPS) is 13.8. The molecule has 436 valence electrons. The molecular weight excluding hydrogens is 1120 g/mol. The smallest absolute Gasteiger partial charge is 0.484 e. The number of methoxy groups -OCH3 is 1. The van der Waals surface area contributed by atoms with Crippen LogP contribution in [0.5, 0.6) is 11.6 Å². The van der Waals surface area contributed by atoms with Crippen LogP contribution in [0.15, 0.2) is 116 Å². The van der Waals surface area contributed by atoms with Crippen LogP contribution in [0.25, 0.3) is 44.1 Å². The Morgan fingerprint density at radius 2 is 1.57 bits per heavy atom. The second-order valence-electron chi connectivity index (χ2n) is 19.3. The van der Waals surface area contributed by atoms with E-state index in [1.54, 1.807) is 42.9 Å². The van der Waals surface area contributed by atoms with Crippen LogP contribution in [0.3, 0.4) is 0 Å². The fraction of sp³-hybridized carbons (Fsp3) is 0.305. The minimum atomic E-state index is -3.22. The lowest BCUT2D eigenvalue weighted by atomic mass is 9.98. The Kier molecular flexibility index (Phi) is 21.2. The van der Waals surface area contributed by atoms with Gasteiger partial charge < -0.3 is 50.8 Å². The first-order chi connectivity index (χ1) is 40.6. The van der Waals surface area contributed by atoms with Gasteiger partial charge in [0.15, 0.2) is 6.61 Å². The van der Waals surface area contributed by atoms with E-state index >= 15 is 0 Å². The van der Waals surface area contributed by atoms with Gasteiger partial charge in [-0.05, 0) is 91.1 Å². The minimum absolute atomic E-state index is 0.0351. The second kappa shape index (κ2) is 29.2. The number of anilines is 1. The molecule has 4 aromatic heterocycles. The van der Waals surface area contributed by atoms with Crippen molar-refractivity contribution in [1.29, 1.82) is 5.26 Å². The fourth-order valence-corrected chi connectivity index (χ4v) is 10.9. The second-order valence-corrected chi connectivity index (χ2v) is 21.9. The summed E-state index contributed by atoms with van der Waals surface area (Å²) in [6.45, 7) is -0.0785. The van der Waals surface area contributed by atoms with Crippen LogP contribution in [0.1, 0.15) is 46.4 Å². The van der Waals surface area contributed by atoms with Gasteiger partial charge in [0.1, 0.15) is 31.0 Å². The first kappa shape index (κ1) is 60.9. The number of nitrogens with one attached hydrogen (secondary N) is 4. The maximum absolute atomic E-state index is 14.0. The van der Waals surface area contributed by atoms with Crippen LogP contribution >= 0.6 is 21.6 Å². The highest BCUT2D eigenvalue weighted by atomic mass is 33.1. The molecule has 5 amide bonds. The van der Waals surface area contributed by atoms with Gasteiger partial charge in [0.05, 0.1) is 54.2 Å². The average molecular weight is 1180 g/mol. The molecule has 5 heterocycles. The number of hydrogen-bond donors (Lipinski definition) is 5. The van der Waals surface area contributed by atoms with Gasteiger partial charge in [0.25, 0.3) is 17.7 Å². The van der Waals surface area contributed by atoms with Crippen molar-refractivity contribution in [1.82, 2.24) is 46.1 Å². The first-order valence-corrected chi connectivity index (χ1v) is 29.0. The van der Waals surface area contributed by atoms with E-state index in [1.807, 2.05) is 61.5 Å². The number of rotatable bonds is 26. The van der Waals surface area contributed by atoms with Gasteiger partial charge in [-0.3, -0.25) is 38.9 Å². The van der Waals surface area contributed by atoms with E-state index in [0.29, 0.717) is 41.4 Å². The summed E-state index contributed by atoms with van der Waals surface area (Å²) >= 11 is 0. The van der Waals surface area contributed by atoms with E-state index in [2.05, 4.69) is 41.2 Å². The standard InChI is InChI=1S/C59H59F2N11O10S2/c1-36-6-8-37(9-7-36)4-3-5-52(73)66-20-21-67-56(77)51(71-53(74)33-81-43-13-15-50-47(26-43)45(17-19-65-50)55(76)69-31-54(75)72-35-59(60,61)27-42(72)28-62)34-84-83-23-22-80-58(78)82-32-41-12-10-39(29-68-41)44-16-18-64-49-14-11-38(24-46(44)49)40-25-48(63)57(79-2)70-30-40/h6-19,24-26,29-30,42,51H,3-5,20-23,27,31-35,63H2,1-2H3,(H,66,73)(H,67,77)(H,69,76)(H,71,74)/t42-,51?/m0/s1. The van der Waals surface area contributed by atoms with Crippen molar-refractivity contribution in [2.75, 3.05) is 63.7 Å². The van der Waals surface area contributed by atoms with Crippen molar-refractivity contribution in [2.45, 2.75) is 57.2 Å². The van der Waals surface area contributed by atoms with Crippen LogP contribution in [0, 0.1) is 18.3 Å².